The average molecular weight is 290 g/mol. The molecular weight excluding hydrogens is 264 g/mol. The number of rotatable bonds is 4. The number of ether oxygens (including phenoxy) is 1. The first-order valence-electron chi connectivity index (χ1n) is 7.72. The van der Waals surface area contributed by atoms with Gasteiger partial charge in [0.05, 0.1) is 0 Å². The summed E-state index contributed by atoms with van der Waals surface area (Å²) in [4.78, 5) is 16.8. The fourth-order valence-corrected chi connectivity index (χ4v) is 2.53. The smallest absolute Gasteiger partial charge is 0.263 e. The first-order chi connectivity index (χ1) is 10.0. The summed E-state index contributed by atoms with van der Waals surface area (Å²) in [5.41, 5.74) is 2.22. The fraction of sp³-hybridized carbons (Fsp3) is 0.588. The third-order valence-corrected chi connectivity index (χ3v) is 4.07. The molecular formula is C17H26N2O2. The molecule has 0 bridgehead atoms. The van der Waals surface area contributed by atoms with Crippen molar-refractivity contribution in [3.8, 4) is 5.75 Å². The predicted molar refractivity (Wildman–Crippen MR) is 84.7 cm³/mol. The zero-order chi connectivity index (χ0) is 15.4. The number of carbonyl (C=O) groups is 1. The second-order valence-corrected chi connectivity index (χ2v) is 5.91. The highest BCUT2D eigenvalue weighted by Gasteiger charge is 2.27. The summed E-state index contributed by atoms with van der Waals surface area (Å²) >= 11 is 0. The third kappa shape index (κ3) is 3.97. The number of likely N-dealkylation sites (N-methyl/N-ethyl adjacent to an activating group) is 1. The molecule has 0 unspecified atom stereocenters. The lowest BCUT2D eigenvalue weighted by atomic mass is 10.1. The van der Waals surface area contributed by atoms with Crippen LogP contribution in [0.1, 0.15) is 24.5 Å². The van der Waals surface area contributed by atoms with E-state index in [0.29, 0.717) is 6.42 Å². The van der Waals surface area contributed by atoms with E-state index in [-0.39, 0.29) is 12.0 Å². The molecule has 2 rings (SSSR count). The van der Waals surface area contributed by atoms with Gasteiger partial charge in [0.1, 0.15) is 5.75 Å². The highest BCUT2D eigenvalue weighted by atomic mass is 16.5. The second kappa shape index (κ2) is 6.94. The Morgan fingerprint density at radius 2 is 1.90 bits per heavy atom. The van der Waals surface area contributed by atoms with Crippen molar-refractivity contribution < 1.29 is 9.53 Å². The van der Waals surface area contributed by atoms with Crippen LogP contribution < -0.4 is 4.74 Å². The number of amides is 1. The van der Waals surface area contributed by atoms with E-state index in [9.17, 15) is 4.79 Å². The molecule has 1 aromatic rings. The Kier molecular flexibility index (Phi) is 5.23. The van der Waals surface area contributed by atoms with Gasteiger partial charge in [-0.15, -0.1) is 0 Å². The molecule has 1 fully saturated rings. The van der Waals surface area contributed by atoms with Crippen LogP contribution in [0.3, 0.4) is 0 Å². The van der Waals surface area contributed by atoms with Crippen molar-refractivity contribution in [2.24, 2.45) is 0 Å². The Morgan fingerprint density at radius 1 is 1.24 bits per heavy atom. The Hall–Kier alpha value is -1.55. The van der Waals surface area contributed by atoms with Crippen molar-refractivity contribution in [1.82, 2.24) is 9.80 Å². The van der Waals surface area contributed by atoms with Gasteiger partial charge in [-0.3, -0.25) is 4.79 Å². The van der Waals surface area contributed by atoms with Crippen molar-refractivity contribution >= 4 is 5.91 Å². The fourth-order valence-electron chi connectivity index (χ4n) is 2.53. The van der Waals surface area contributed by atoms with Crippen molar-refractivity contribution in [3.05, 3.63) is 29.3 Å². The van der Waals surface area contributed by atoms with Crippen LogP contribution >= 0.6 is 0 Å². The molecule has 0 spiro atoms. The summed E-state index contributed by atoms with van der Waals surface area (Å²) in [6.45, 7) is 9.52. The van der Waals surface area contributed by atoms with Crippen LogP contribution in [0.15, 0.2) is 18.2 Å². The summed E-state index contributed by atoms with van der Waals surface area (Å²) < 4.78 is 6.01. The highest BCUT2D eigenvalue weighted by Crippen LogP contribution is 2.22. The minimum atomic E-state index is -0.381. The number of hydrogen-bond donors (Lipinski definition) is 0. The van der Waals surface area contributed by atoms with Crippen LogP contribution in [-0.2, 0) is 4.79 Å². The summed E-state index contributed by atoms with van der Waals surface area (Å²) in [6, 6.07) is 6.11. The molecule has 21 heavy (non-hydrogen) atoms. The second-order valence-electron chi connectivity index (χ2n) is 5.91. The van der Waals surface area contributed by atoms with Gasteiger partial charge in [0.15, 0.2) is 6.10 Å². The molecule has 4 heteroatoms. The summed E-state index contributed by atoms with van der Waals surface area (Å²) in [5.74, 6) is 0.941. The molecule has 0 aliphatic carbocycles. The van der Waals surface area contributed by atoms with Crippen LogP contribution in [0.25, 0.3) is 0 Å². The van der Waals surface area contributed by atoms with E-state index in [1.165, 1.54) is 0 Å². The van der Waals surface area contributed by atoms with Crippen LogP contribution in [-0.4, -0.2) is 55.0 Å². The number of nitrogens with zero attached hydrogens (tertiary/aromatic N) is 2. The molecule has 1 aliphatic rings. The normalized spacial score (nSPS) is 17.6. The average Bonchev–Trinajstić information content (AvgIpc) is 2.48. The largest absolute Gasteiger partial charge is 0.480 e. The van der Waals surface area contributed by atoms with Gasteiger partial charge in [-0.2, -0.15) is 0 Å². The van der Waals surface area contributed by atoms with Crippen LogP contribution in [0, 0.1) is 13.8 Å². The quantitative estimate of drug-likeness (QED) is 0.852. The lowest BCUT2D eigenvalue weighted by Gasteiger charge is -2.34. The molecule has 116 valence electrons. The number of aryl methyl sites for hydroxylation is 2. The SMILES string of the molecule is CC[C@@H](Oc1cc(C)ccc1C)C(=O)N1CCN(C)CC1. The van der Waals surface area contributed by atoms with Gasteiger partial charge in [-0.1, -0.05) is 19.1 Å². The van der Waals surface area contributed by atoms with E-state index in [2.05, 4.69) is 18.0 Å². The van der Waals surface area contributed by atoms with E-state index >= 15 is 0 Å². The first kappa shape index (κ1) is 15.8. The molecule has 0 radical (unpaired) electrons. The first-order valence-corrected chi connectivity index (χ1v) is 7.72. The lowest BCUT2D eigenvalue weighted by Crippen LogP contribution is -2.51. The summed E-state index contributed by atoms with van der Waals surface area (Å²) in [7, 11) is 2.09. The molecule has 1 amide bonds. The van der Waals surface area contributed by atoms with Crippen molar-refractivity contribution in [2.75, 3.05) is 33.2 Å². The summed E-state index contributed by atoms with van der Waals surface area (Å²) in [6.07, 6.45) is 0.312. The van der Waals surface area contributed by atoms with Crippen molar-refractivity contribution in [1.29, 1.82) is 0 Å². The Balaban J connectivity index is 2.05. The molecule has 0 N–H and O–H groups in total. The van der Waals surface area contributed by atoms with E-state index in [4.69, 9.17) is 4.74 Å². The molecule has 4 nitrogen and oxygen atoms in total. The van der Waals surface area contributed by atoms with Crippen molar-refractivity contribution in [3.63, 3.8) is 0 Å². The van der Waals surface area contributed by atoms with Gasteiger partial charge in [0.25, 0.3) is 5.91 Å². The summed E-state index contributed by atoms with van der Waals surface area (Å²) in [5, 5.41) is 0. The molecule has 1 aliphatic heterocycles. The zero-order valence-electron chi connectivity index (χ0n) is 13.6. The van der Waals surface area contributed by atoms with E-state index in [0.717, 1.165) is 43.1 Å². The van der Waals surface area contributed by atoms with Gasteiger partial charge in [-0.05, 0) is 44.5 Å². The van der Waals surface area contributed by atoms with Gasteiger partial charge < -0.3 is 14.5 Å². The molecule has 0 aromatic heterocycles. The van der Waals surface area contributed by atoms with Crippen molar-refractivity contribution in [2.45, 2.75) is 33.3 Å². The molecule has 1 saturated heterocycles. The van der Waals surface area contributed by atoms with Gasteiger partial charge in [0, 0.05) is 26.2 Å². The maximum atomic E-state index is 12.6. The Labute approximate surface area is 127 Å². The maximum absolute atomic E-state index is 12.6. The Bertz CT molecular complexity index is 494. The molecule has 1 atom stereocenters. The third-order valence-electron chi connectivity index (χ3n) is 4.07. The molecule has 1 heterocycles. The monoisotopic (exact) mass is 290 g/mol. The predicted octanol–water partition coefficient (Wildman–Crippen LogP) is 2.23. The minimum Gasteiger partial charge on any atom is -0.480 e. The molecule has 1 aromatic carbocycles. The van der Waals surface area contributed by atoms with E-state index in [1.807, 2.05) is 37.8 Å². The van der Waals surface area contributed by atoms with Gasteiger partial charge in [0.2, 0.25) is 0 Å². The lowest BCUT2D eigenvalue weighted by molar-refractivity contribution is -0.140. The zero-order valence-corrected chi connectivity index (χ0v) is 13.6. The highest BCUT2D eigenvalue weighted by molar-refractivity contribution is 5.81. The van der Waals surface area contributed by atoms with Gasteiger partial charge in [-0.25, -0.2) is 0 Å². The topological polar surface area (TPSA) is 32.8 Å². The van der Waals surface area contributed by atoms with Crippen LogP contribution in [0.4, 0.5) is 0 Å². The maximum Gasteiger partial charge on any atom is 0.263 e. The number of piperazine rings is 1. The minimum absolute atomic E-state index is 0.117. The van der Waals surface area contributed by atoms with Gasteiger partial charge >= 0.3 is 0 Å². The van der Waals surface area contributed by atoms with E-state index in [1.54, 1.807) is 0 Å². The van der Waals surface area contributed by atoms with Crippen LogP contribution in [0.2, 0.25) is 0 Å². The standard InChI is InChI=1S/C17H26N2O2/c1-5-15(17(20)19-10-8-18(4)9-11-19)21-16-12-13(2)6-7-14(16)3/h6-7,12,15H,5,8-11H2,1-4H3/t15-/m1/s1. The van der Waals surface area contributed by atoms with E-state index < -0.39 is 0 Å². The Morgan fingerprint density at radius 3 is 2.52 bits per heavy atom. The van der Waals surface area contributed by atoms with Crippen LogP contribution in [0.5, 0.6) is 5.75 Å². The number of hydrogen-bond acceptors (Lipinski definition) is 3. The molecule has 0 saturated carbocycles. The number of benzene rings is 1. The number of carbonyl (C=O) groups excluding carboxylic acids is 1.